The number of amides is 2. The third kappa shape index (κ3) is 4.32. The lowest BCUT2D eigenvalue weighted by molar-refractivity contribution is 0.0887. The van der Waals surface area contributed by atoms with Crippen molar-refractivity contribution in [2.75, 3.05) is 0 Å². The van der Waals surface area contributed by atoms with Gasteiger partial charge in [0.25, 0.3) is 11.8 Å². The molecular formula is C22H27N3O3. The zero-order valence-corrected chi connectivity index (χ0v) is 17.1. The standard InChI is InChI=1S/C22H27N3O3/c1-13-9-11-15(12-10-13)20(26)25-24-16-7-6-8-17-18(16)14(2)19(28-17)21(27)23-22(3,4)5/h9-12H,6-8H2,1-5H3,(H,23,27)(H,25,26)/b24-16+. The van der Waals surface area contributed by atoms with Crippen LogP contribution in [0.5, 0.6) is 0 Å². The fourth-order valence-electron chi connectivity index (χ4n) is 3.28. The second-order valence-electron chi connectivity index (χ2n) is 8.28. The van der Waals surface area contributed by atoms with Crippen LogP contribution < -0.4 is 10.7 Å². The highest BCUT2D eigenvalue weighted by molar-refractivity contribution is 6.07. The summed E-state index contributed by atoms with van der Waals surface area (Å²) in [7, 11) is 0. The molecule has 0 fully saturated rings. The number of benzene rings is 1. The van der Waals surface area contributed by atoms with Gasteiger partial charge in [0.2, 0.25) is 0 Å². The van der Waals surface area contributed by atoms with Crippen LogP contribution in [0.4, 0.5) is 0 Å². The minimum absolute atomic E-state index is 0.234. The van der Waals surface area contributed by atoms with Crippen molar-refractivity contribution in [2.24, 2.45) is 5.10 Å². The van der Waals surface area contributed by atoms with Gasteiger partial charge < -0.3 is 9.73 Å². The highest BCUT2D eigenvalue weighted by atomic mass is 16.4. The van der Waals surface area contributed by atoms with Gasteiger partial charge >= 0.3 is 0 Å². The van der Waals surface area contributed by atoms with Crippen LogP contribution in [-0.4, -0.2) is 23.1 Å². The van der Waals surface area contributed by atoms with Crippen molar-refractivity contribution in [3.63, 3.8) is 0 Å². The van der Waals surface area contributed by atoms with Crippen molar-refractivity contribution in [1.29, 1.82) is 0 Å². The van der Waals surface area contributed by atoms with Gasteiger partial charge in [-0.2, -0.15) is 5.10 Å². The molecule has 2 aromatic rings. The molecule has 6 nitrogen and oxygen atoms in total. The molecule has 0 unspecified atom stereocenters. The first-order valence-electron chi connectivity index (χ1n) is 9.54. The highest BCUT2D eigenvalue weighted by Gasteiger charge is 2.29. The summed E-state index contributed by atoms with van der Waals surface area (Å²) in [5.41, 5.74) is 6.29. The van der Waals surface area contributed by atoms with E-state index >= 15 is 0 Å². The summed E-state index contributed by atoms with van der Waals surface area (Å²) in [5, 5.41) is 7.29. The number of fused-ring (bicyclic) bond motifs is 1. The van der Waals surface area contributed by atoms with E-state index in [0.29, 0.717) is 11.3 Å². The minimum atomic E-state index is -0.351. The van der Waals surface area contributed by atoms with E-state index in [1.54, 1.807) is 12.1 Å². The molecule has 3 rings (SSSR count). The Labute approximate surface area is 165 Å². The van der Waals surface area contributed by atoms with Gasteiger partial charge in [-0.15, -0.1) is 0 Å². The van der Waals surface area contributed by atoms with Crippen molar-refractivity contribution in [2.45, 2.75) is 59.4 Å². The summed E-state index contributed by atoms with van der Waals surface area (Å²) in [6, 6.07) is 7.33. The average Bonchev–Trinajstić information content (AvgIpc) is 2.96. The summed E-state index contributed by atoms with van der Waals surface area (Å²) >= 11 is 0. The van der Waals surface area contributed by atoms with E-state index in [-0.39, 0.29) is 17.4 Å². The average molecular weight is 381 g/mol. The molecule has 148 valence electrons. The zero-order chi connectivity index (χ0) is 20.5. The van der Waals surface area contributed by atoms with Gasteiger partial charge in [0.05, 0.1) is 5.71 Å². The van der Waals surface area contributed by atoms with E-state index in [1.165, 1.54) is 0 Å². The van der Waals surface area contributed by atoms with E-state index < -0.39 is 0 Å². The SMILES string of the molecule is Cc1ccc(C(=O)N/N=C2\CCCc3oc(C(=O)NC(C)(C)C)c(C)c32)cc1. The summed E-state index contributed by atoms with van der Waals surface area (Å²) < 4.78 is 5.87. The van der Waals surface area contributed by atoms with E-state index in [2.05, 4.69) is 15.8 Å². The monoisotopic (exact) mass is 381 g/mol. The third-order valence-corrected chi connectivity index (χ3v) is 4.63. The quantitative estimate of drug-likeness (QED) is 0.791. The number of nitrogens with zero attached hydrogens (tertiary/aromatic N) is 1. The Morgan fingerprint density at radius 2 is 1.71 bits per heavy atom. The topological polar surface area (TPSA) is 83.7 Å². The molecule has 2 amide bonds. The summed E-state index contributed by atoms with van der Waals surface area (Å²) in [6.45, 7) is 9.62. The van der Waals surface area contributed by atoms with Crippen molar-refractivity contribution in [1.82, 2.24) is 10.7 Å². The molecule has 6 heteroatoms. The molecular weight excluding hydrogens is 354 g/mol. The molecule has 0 spiro atoms. The first-order chi connectivity index (χ1) is 13.2. The molecule has 1 aromatic heterocycles. The first-order valence-corrected chi connectivity index (χ1v) is 9.54. The van der Waals surface area contributed by atoms with E-state index in [4.69, 9.17) is 4.42 Å². The van der Waals surface area contributed by atoms with Gasteiger partial charge in [0.1, 0.15) is 5.76 Å². The number of rotatable bonds is 3. The number of aryl methyl sites for hydroxylation is 2. The molecule has 0 saturated heterocycles. The smallest absolute Gasteiger partial charge is 0.287 e. The molecule has 0 radical (unpaired) electrons. The third-order valence-electron chi connectivity index (χ3n) is 4.63. The molecule has 1 aliphatic carbocycles. The van der Waals surface area contributed by atoms with Gasteiger partial charge in [-0.1, -0.05) is 17.7 Å². The molecule has 0 bridgehead atoms. The summed E-state index contributed by atoms with van der Waals surface area (Å²) in [5.74, 6) is 0.583. The van der Waals surface area contributed by atoms with Gasteiger partial charge in [-0.05, 0) is 59.6 Å². The summed E-state index contributed by atoms with van der Waals surface area (Å²) in [4.78, 5) is 24.9. The molecule has 28 heavy (non-hydrogen) atoms. The minimum Gasteiger partial charge on any atom is -0.455 e. The van der Waals surface area contributed by atoms with Crippen LogP contribution in [0.3, 0.4) is 0 Å². The van der Waals surface area contributed by atoms with Crippen LogP contribution in [0.25, 0.3) is 0 Å². The number of nitrogens with one attached hydrogen (secondary N) is 2. The zero-order valence-electron chi connectivity index (χ0n) is 17.1. The number of hydrazone groups is 1. The Hall–Kier alpha value is -2.89. The maximum atomic E-state index is 12.6. The van der Waals surface area contributed by atoms with Crippen LogP contribution in [0.2, 0.25) is 0 Å². The molecule has 1 aromatic carbocycles. The van der Waals surface area contributed by atoms with E-state index in [1.807, 2.05) is 46.8 Å². The number of furan rings is 1. The van der Waals surface area contributed by atoms with Gasteiger partial charge in [0, 0.05) is 28.7 Å². The van der Waals surface area contributed by atoms with Crippen LogP contribution in [0.15, 0.2) is 33.8 Å². The summed E-state index contributed by atoms with van der Waals surface area (Å²) in [6.07, 6.45) is 2.34. The normalized spacial score (nSPS) is 15.2. The van der Waals surface area contributed by atoms with Crippen LogP contribution >= 0.6 is 0 Å². The maximum absolute atomic E-state index is 12.6. The van der Waals surface area contributed by atoms with Gasteiger partial charge in [-0.25, -0.2) is 5.43 Å². The predicted molar refractivity (Wildman–Crippen MR) is 109 cm³/mol. The van der Waals surface area contributed by atoms with Crippen molar-refractivity contribution < 1.29 is 14.0 Å². The van der Waals surface area contributed by atoms with E-state index in [0.717, 1.165) is 47.4 Å². The number of carbonyl (C=O) groups excluding carboxylic acids is 2. The first kappa shape index (κ1) is 19.9. The Kier molecular flexibility index (Phi) is 5.40. The van der Waals surface area contributed by atoms with Crippen LogP contribution in [0, 0.1) is 13.8 Å². The van der Waals surface area contributed by atoms with Crippen LogP contribution in [-0.2, 0) is 6.42 Å². The van der Waals surface area contributed by atoms with Gasteiger partial charge in [0.15, 0.2) is 5.76 Å². The molecule has 0 aliphatic heterocycles. The maximum Gasteiger partial charge on any atom is 0.287 e. The molecule has 1 aliphatic rings. The molecule has 2 N–H and O–H groups in total. The molecule has 0 saturated carbocycles. The molecule has 1 heterocycles. The lowest BCUT2D eigenvalue weighted by atomic mass is 9.93. The van der Waals surface area contributed by atoms with Gasteiger partial charge in [-0.3, -0.25) is 9.59 Å². The Morgan fingerprint density at radius 3 is 2.36 bits per heavy atom. The fourth-order valence-corrected chi connectivity index (χ4v) is 3.28. The number of carbonyl (C=O) groups is 2. The second kappa shape index (κ2) is 7.62. The van der Waals surface area contributed by atoms with Crippen LogP contribution in [0.1, 0.15) is 77.0 Å². The number of hydrogen-bond acceptors (Lipinski definition) is 4. The Morgan fingerprint density at radius 1 is 1.04 bits per heavy atom. The lowest BCUT2D eigenvalue weighted by Crippen LogP contribution is -2.40. The largest absolute Gasteiger partial charge is 0.455 e. The Bertz CT molecular complexity index is 931. The second-order valence-corrected chi connectivity index (χ2v) is 8.28. The predicted octanol–water partition coefficient (Wildman–Crippen LogP) is 3.90. The number of hydrogen-bond donors (Lipinski definition) is 2. The highest BCUT2D eigenvalue weighted by Crippen LogP contribution is 2.30. The lowest BCUT2D eigenvalue weighted by Gasteiger charge is -2.19. The van der Waals surface area contributed by atoms with Crippen molar-refractivity contribution in [3.8, 4) is 0 Å². The fraction of sp³-hybridized carbons (Fsp3) is 0.409. The van der Waals surface area contributed by atoms with Crippen molar-refractivity contribution >= 4 is 17.5 Å². The van der Waals surface area contributed by atoms with Crippen molar-refractivity contribution in [3.05, 3.63) is 58.0 Å². The Balaban J connectivity index is 1.84. The van der Waals surface area contributed by atoms with E-state index in [9.17, 15) is 9.59 Å². The molecule has 0 atom stereocenters.